The quantitative estimate of drug-likeness (QED) is 0.812. The van der Waals surface area contributed by atoms with Crippen LogP contribution in [-0.2, 0) is 0 Å². The second-order valence-corrected chi connectivity index (χ2v) is 5.20. The van der Waals surface area contributed by atoms with Crippen molar-refractivity contribution in [1.82, 2.24) is 10.3 Å². The van der Waals surface area contributed by atoms with Crippen molar-refractivity contribution in [2.75, 3.05) is 13.2 Å². The van der Waals surface area contributed by atoms with Crippen LogP contribution in [0.1, 0.15) is 16.8 Å². The maximum absolute atomic E-state index is 13.3. The number of aromatic nitrogens is 1. The smallest absolute Gasteiger partial charge is 0.252 e. The van der Waals surface area contributed by atoms with Gasteiger partial charge in [0, 0.05) is 23.4 Å². The Bertz CT molecular complexity index is 622. The van der Waals surface area contributed by atoms with Crippen LogP contribution in [0, 0.1) is 5.82 Å². The van der Waals surface area contributed by atoms with Crippen LogP contribution in [0.5, 0.6) is 5.75 Å². The molecule has 0 aliphatic heterocycles. The number of benzene rings is 1. The van der Waals surface area contributed by atoms with Gasteiger partial charge in [0.05, 0.1) is 12.2 Å². The topological polar surface area (TPSA) is 51.2 Å². The van der Waals surface area contributed by atoms with Crippen LogP contribution in [0.2, 0.25) is 0 Å². The fourth-order valence-electron chi connectivity index (χ4n) is 1.66. The molecule has 1 heterocycles. The Hall–Kier alpha value is -1.95. The summed E-state index contributed by atoms with van der Waals surface area (Å²) in [5, 5.41) is 2.75. The average molecular weight is 353 g/mol. The van der Waals surface area contributed by atoms with Crippen molar-refractivity contribution in [2.24, 2.45) is 0 Å². The predicted octanol–water partition coefficient (Wildman–Crippen LogP) is 3.18. The molecule has 0 fully saturated rings. The molecule has 0 bridgehead atoms. The lowest BCUT2D eigenvalue weighted by Gasteiger charge is -2.08. The molecule has 0 radical (unpaired) electrons. The van der Waals surface area contributed by atoms with Crippen LogP contribution in [0.4, 0.5) is 4.39 Å². The van der Waals surface area contributed by atoms with E-state index in [1.54, 1.807) is 30.5 Å². The van der Waals surface area contributed by atoms with E-state index in [-0.39, 0.29) is 17.5 Å². The monoisotopic (exact) mass is 352 g/mol. The summed E-state index contributed by atoms with van der Waals surface area (Å²) in [5.74, 6) is -0.364. The minimum atomic E-state index is -0.387. The number of nitrogens with one attached hydrogen (secondary N) is 1. The standard InChI is InChI=1S/C15H14BrFN2O2/c16-12-8-11(9-18-10-12)15(20)19-6-3-7-21-14-5-2-1-4-13(14)17/h1-2,4-5,8-10H,3,6-7H2,(H,19,20). The largest absolute Gasteiger partial charge is 0.490 e. The summed E-state index contributed by atoms with van der Waals surface area (Å²) in [7, 11) is 0. The molecule has 0 aliphatic rings. The van der Waals surface area contributed by atoms with Crippen molar-refractivity contribution < 1.29 is 13.9 Å². The van der Waals surface area contributed by atoms with Gasteiger partial charge in [0.15, 0.2) is 11.6 Å². The van der Waals surface area contributed by atoms with Gasteiger partial charge in [-0.2, -0.15) is 0 Å². The maximum Gasteiger partial charge on any atom is 0.252 e. The third kappa shape index (κ3) is 4.82. The van der Waals surface area contributed by atoms with Crippen LogP contribution < -0.4 is 10.1 Å². The maximum atomic E-state index is 13.3. The van der Waals surface area contributed by atoms with Gasteiger partial charge in [-0.05, 0) is 40.5 Å². The third-order valence-corrected chi connectivity index (χ3v) is 3.10. The summed E-state index contributed by atoms with van der Waals surface area (Å²) in [5.41, 5.74) is 0.486. The molecule has 21 heavy (non-hydrogen) atoms. The number of nitrogens with zero attached hydrogens (tertiary/aromatic N) is 1. The van der Waals surface area contributed by atoms with Crippen LogP contribution in [0.25, 0.3) is 0 Å². The number of pyridine rings is 1. The lowest BCUT2D eigenvalue weighted by atomic mass is 10.2. The lowest BCUT2D eigenvalue weighted by molar-refractivity contribution is 0.0951. The van der Waals surface area contributed by atoms with E-state index in [4.69, 9.17) is 4.74 Å². The number of hydrogen-bond acceptors (Lipinski definition) is 3. The molecule has 0 unspecified atom stereocenters. The number of amides is 1. The fraction of sp³-hybridized carbons (Fsp3) is 0.200. The zero-order valence-corrected chi connectivity index (χ0v) is 12.8. The van der Waals surface area contributed by atoms with E-state index < -0.39 is 0 Å². The molecule has 1 amide bonds. The van der Waals surface area contributed by atoms with Gasteiger partial charge in [0.2, 0.25) is 0 Å². The van der Waals surface area contributed by atoms with E-state index in [1.807, 2.05) is 0 Å². The minimum absolute atomic E-state index is 0.199. The van der Waals surface area contributed by atoms with Crippen molar-refractivity contribution >= 4 is 21.8 Å². The molecule has 0 aliphatic carbocycles. The molecular formula is C15H14BrFN2O2. The molecule has 6 heteroatoms. The highest BCUT2D eigenvalue weighted by Gasteiger charge is 2.06. The van der Waals surface area contributed by atoms with E-state index >= 15 is 0 Å². The number of carbonyl (C=O) groups is 1. The molecule has 4 nitrogen and oxygen atoms in total. The van der Waals surface area contributed by atoms with E-state index in [2.05, 4.69) is 26.2 Å². The van der Waals surface area contributed by atoms with E-state index in [0.29, 0.717) is 25.1 Å². The first-order chi connectivity index (χ1) is 10.2. The molecule has 0 saturated carbocycles. The second kappa shape index (κ2) is 7.73. The Labute approximate surface area is 130 Å². The summed E-state index contributed by atoms with van der Waals surface area (Å²) < 4.78 is 19.3. The summed E-state index contributed by atoms with van der Waals surface area (Å²) in [4.78, 5) is 15.7. The SMILES string of the molecule is O=C(NCCCOc1ccccc1F)c1cncc(Br)c1. The zero-order chi connectivity index (χ0) is 15.1. The van der Waals surface area contributed by atoms with E-state index in [0.717, 1.165) is 4.47 Å². The lowest BCUT2D eigenvalue weighted by Crippen LogP contribution is -2.25. The fourth-order valence-corrected chi connectivity index (χ4v) is 2.02. The van der Waals surface area contributed by atoms with E-state index in [9.17, 15) is 9.18 Å². The third-order valence-electron chi connectivity index (χ3n) is 2.67. The summed E-state index contributed by atoms with van der Waals surface area (Å²) in [6.45, 7) is 0.776. The average Bonchev–Trinajstić information content (AvgIpc) is 2.48. The van der Waals surface area contributed by atoms with Gasteiger partial charge < -0.3 is 10.1 Å². The highest BCUT2D eigenvalue weighted by atomic mass is 79.9. The van der Waals surface area contributed by atoms with Crippen molar-refractivity contribution in [2.45, 2.75) is 6.42 Å². The molecule has 1 N–H and O–H groups in total. The molecule has 110 valence electrons. The summed E-state index contributed by atoms with van der Waals surface area (Å²) >= 11 is 3.26. The van der Waals surface area contributed by atoms with Crippen molar-refractivity contribution in [3.05, 3.63) is 58.6 Å². The van der Waals surface area contributed by atoms with Gasteiger partial charge in [-0.3, -0.25) is 9.78 Å². The van der Waals surface area contributed by atoms with Gasteiger partial charge in [-0.15, -0.1) is 0 Å². The minimum Gasteiger partial charge on any atom is -0.490 e. The Kier molecular flexibility index (Phi) is 5.68. The van der Waals surface area contributed by atoms with Gasteiger partial charge in [-0.1, -0.05) is 12.1 Å². The molecule has 1 aromatic carbocycles. The predicted molar refractivity (Wildman–Crippen MR) is 80.8 cm³/mol. The highest BCUT2D eigenvalue weighted by molar-refractivity contribution is 9.10. The summed E-state index contributed by atoms with van der Waals surface area (Å²) in [6.07, 6.45) is 3.69. The number of rotatable bonds is 6. The Morgan fingerprint density at radius 2 is 2.14 bits per heavy atom. The zero-order valence-electron chi connectivity index (χ0n) is 11.2. The van der Waals surface area contributed by atoms with Crippen LogP contribution in [-0.4, -0.2) is 24.0 Å². The molecule has 0 saturated heterocycles. The molecular weight excluding hydrogens is 339 g/mol. The molecule has 0 atom stereocenters. The Balaban J connectivity index is 1.70. The molecule has 1 aromatic heterocycles. The van der Waals surface area contributed by atoms with Crippen molar-refractivity contribution in [1.29, 1.82) is 0 Å². The molecule has 2 rings (SSSR count). The number of ether oxygens (including phenoxy) is 1. The first-order valence-corrected chi connectivity index (χ1v) is 7.22. The van der Waals surface area contributed by atoms with Crippen LogP contribution in [0.3, 0.4) is 0 Å². The van der Waals surface area contributed by atoms with Crippen LogP contribution >= 0.6 is 15.9 Å². The van der Waals surface area contributed by atoms with Crippen molar-refractivity contribution in [3.63, 3.8) is 0 Å². The molecule has 2 aromatic rings. The first-order valence-electron chi connectivity index (χ1n) is 6.43. The number of hydrogen-bond donors (Lipinski definition) is 1. The number of carbonyl (C=O) groups excluding carboxylic acids is 1. The van der Waals surface area contributed by atoms with E-state index in [1.165, 1.54) is 12.3 Å². The number of halogens is 2. The molecule has 0 spiro atoms. The van der Waals surface area contributed by atoms with Gasteiger partial charge >= 0.3 is 0 Å². The second-order valence-electron chi connectivity index (χ2n) is 4.28. The normalized spacial score (nSPS) is 10.2. The Morgan fingerprint density at radius 3 is 2.90 bits per heavy atom. The first kappa shape index (κ1) is 15.4. The van der Waals surface area contributed by atoms with Gasteiger partial charge in [0.25, 0.3) is 5.91 Å². The summed E-state index contributed by atoms with van der Waals surface area (Å²) in [6, 6.07) is 7.92. The van der Waals surface area contributed by atoms with Crippen LogP contribution in [0.15, 0.2) is 47.2 Å². The highest BCUT2D eigenvalue weighted by Crippen LogP contribution is 2.15. The number of para-hydroxylation sites is 1. The Morgan fingerprint density at radius 1 is 1.33 bits per heavy atom. The van der Waals surface area contributed by atoms with Gasteiger partial charge in [0.1, 0.15) is 0 Å². The van der Waals surface area contributed by atoms with Gasteiger partial charge in [-0.25, -0.2) is 4.39 Å². The van der Waals surface area contributed by atoms with Crippen molar-refractivity contribution in [3.8, 4) is 5.75 Å².